The van der Waals surface area contributed by atoms with Crippen molar-refractivity contribution < 1.29 is 4.74 Å². The van der Waals surface area contributed by atoms with Gasteiger partial charge in [-0.25, -0.2) is 0 Å². The molecule has 0 bridgehead atoms. The molecule has 0 amide bonds. The van der Waals surface area contributed by atoms with E-state index in [1.807, 2.05) is 24.3 Å². The number of nitrogens with one attached hydrogen (secondary N) is 1. The van der Waals surface area contributed by atoms with Crippen molar-refractivity contribution in [3.63, 3.8) is 0 Å². The van der Waals surface area contributed by atoms with Crippen LogP contribution < -0.4 is 0 Å². The Hall–Kier alpha value is 0.290. The van der Waals surface area contributed by atoms with Crippen LogP contribution in [0, 0.1) is 8.98 Å². The van der Waals surface area contributed by atoms with Crippen LogP contribution in [-0.4, -0.2) is 9.69 Å². The zero-order valence-electron chi connectivity index (χ0n) is 7.44. The van der Waals surface area contributed by atoms with E-state index in [-0.39, 0.29) is 12.5 Å². The lowest BCUT2D eigenvalue weighted by Gasteiger charge is -2.13. The Balaban J connectivity index is 2.55. The fourth-order valence-corrected chi connectivity index (χ4v) is 1.64. The molecule has 0 aliphatic carbocycles. The molecule has 0 aliphatic heterocycles. The Labute approximate surface area is 116 Å². The zero-order chi connectivity index (χ0) is 11.5. The molecule has 2 nitrogen and oxygen atoms in total. The molecule has 82 valence electrons. The largest absolute Gasteiger partial charge is 0.473 e. The first-order chi connectivity index (χ1) is 6.89. The molecule has 1 aromatic rings. The van der Waals surface area contributed by atoms with Crippen molar-refractivity contribution in [2.24, 2.45) is 0 Å². The Morgan fingerprint density at radius 3 is 2.60 bits per heavy atom. The molecular weight excluding hydrogens is 371 g/mol. The molecule has 0 atom stereocenters. The van der Waals surface area contributed by atoms with E-state index >= 15 is 0 Å². The Morgan fingerprint density at radius 1 is 1.40 bits per heavy atom. The fourth-order valence-electron chi connectivity index (χ4n) is 0.864. The quantitative estimate of drug-likeness (QED) is 0.357. The van der Waals surface area contributed by atoms with Crippen molar-refractivity contribution in [1.29, 1.82) is 5.41 Å². The van der Waals surface area contributed by atoms with Gasteiger partial charge in [0.15, 0.2) is 0 Å². The molecule has 0 spiro atoms. The molecule has 0 saturated carbocycles. The first-order valence-corrected chi connectivity index (χ1v) is 6.14. The molecule has 0 heterocycles. The van der Waals surface area contributed by atoms with E-state index in [1.54, 1.807) is 0 Å². The minimum Gasteiger partial charge on any atom is -0.473 e. The van der Waals surface area contributed by atoms with Crippen molar-refractivity contribution in [3.8, 4) is 0 Å². The third kappa shape index (κ3) is 4.76. The summed E-state index contributed by atoms with van der Waals surface area (Å²) in [5, 5.41) is 7.32. The second kappa shape index (κ2) is 5.57. The van der Waals surface area contributed by atoms with Gasteiger partial charge in [-0.3, -0.25) is 5.41 Å². The van der Waals surface area contributed by atoms with E-state index in [0.29, 0.717) is 0 Å². The number of benzene rings is 1. The van der Waals surface area contributed by atoms with Gasteiger partial charge in [-0.1, -0.05) is 46.9 Å². The standard InChI is InChI=1S/C9H7Cl3INO/c10-9(11,12)8(14)15-5-6-2-1-3-7(13)4-6/h1-4,14H,5H2. The summed E-state index contributed by atoms with van der Waals surface area (Å²) in [6, 6.07) is 7.68. The van der Waals surface area contributed by atoms with Crippen LogP contribution in [0.25, 0.3) is 0 Å². The van der Waals surface area contributed by atoms with E-state index in [0.717, 1.165) is 9.13 Å². The maximum absolute atomic E-state index is 7.32. The van der Waals surface area contributed by atoms with Gasteiger partial charge in [0.2, 0.25) is 5.90 Å². The first-order valence-electron chi connectivity index (χ1n) is 3.92. The van der Waals surface area contributed by atoms with Gasteiger partial charge in [-0.15, -0.1) is 0 Å². The molecule has 0 radical (unpaired) electrons. The highest BCUT2D eigenvalue weighted by Crippen LogP contribution is 2.28. The highest BCUT2D eigenvalue weighted by Gasteiger charge is 2.28. The van der Waals surface area contributed by atoms with Crippen molar-refractivity contribution in [2.45, 2.75) is 10.4 Å². The number of rotatable bonds is 2. The number of hydrogen-bond donors (Lipinski definition) is 1. The maximum Gasteiger partial charge on any atom is 0.265 e. The average Bonchev–Trinajstić information content (AvgIpc) is 2.12. The lowest BCUT2D eigenvalue weighted by Crippen LogP contribution is -2.20. The second-order valence-electron chi connectivity index (χ2n) is 2.75. The van der Waals surface area contributed by atoms with Crippen LogP contribution in [0.4, 0.5) is 0 Å². The molecule has 6 heteroatoms. The van der Waals surface area contributed by atoms with Gasteiger partial charge < -0.3 is 4.74 Å². The monoisotopic (exact) mass is 377 g/mol. The van der Waals surface area contributed by atoms with Crippen LogP contribution in [0.2, 0.25) is 0 Å². The first kappa shape index (κ1) is 13.4. The van der Waals surface area contributed by atoms with Gasteiger partial charge in [0.25, 0.3) is 3.79 Å². The molecule has 1 rings (SSSR count). The summed E-state index contributed by atoms with van der Waals surface area (Å²) in [5.41, 5.74) is 0.931. The molecular formula is C9H7Cl3INO. The van der Waals surface area contributed by atoms with E-state index in [1.165, 1.54) is 0 Å². The van der Waals surface area contributed by atoms with Gasteiger partial charge in [-0.2, -0.15) is 0 Å². The predicted molar refractivity (Wildman–Crippen MR) is 72.0 cm³/mol. The van der Waals surface area contributed by atoms with Crippen LogP contribution in [0.1, 0.15) is 5.56 Å². The van der Waals surface area contributed by atoms with Crippen LogP contribution >= 0.6 is 57.4 Å². The fraction of sp³-hybridized carbons (Fsp3) is 0.222. The topological polar surface area (TPSA) is 33.1 Å². The van der Waals surface area contributed by atoms with Gasteiger partial charge in [0.05, 0.1) is 0 Å². The second-order valence-corrected chi connectivity index (χ2v) is 6.27. The summed E-state index contributed by atoms with van der Waals surface area (Å²) in [4.78, 5) is 0. The van der Waals surface area contributed by atoms with Crippen molar-refractivity contribution in [2.75, 3.05) is 0 Å². The summed E-state index contributed by atoms with van der Waals surface area (Å²) in [7, 11) is 0. The smallest absolute Gasteiger partial charge is 0.265 e. The normalized spacial score (nSPS) is 11.2. The minimum atomic E-state index is -1.79. The summed E-state index contributed by atoms with van der Waals surface area (Å²) in [6.45, 7) is 0.226. The molecule has 1 N–H and O–H groups in total. The van der Waals surface area contributed by atoms with Gasteiger partial charge >= 0.3 is 0 Å². The van der Waals surface area contributed by atoms with Crippen LogP contribution in [0.3, 0.4) is 0 Å². The number of hydrogen-bond acceptors (Lipinski definition) is 2. The lowest BCUT2D eigenvalue weighted by atomic mass is 10.2. The van der Waals surface area contributed by atoms with Gasteiger partial charge in [-0.05, 0) is 40.3 Å². The minimum absolute atomic E-state index is 0.226. The molecule has 0 aromatic heterocycles. The molecule has 0 fully saturated rings. The van der Waals surface area contributed by atoms with E-state index in [2.05, 4.69) is 22.6 Å². The Morgan fingerprint density at radius 2 is 2.07 bits per heavy atom. The molecule has 0 saturated heterocycles. The number of ether oxygens (including phenoxy) is 1. The van der Waals surface area contributed by atoms with Crippen molar-refractivity contribution in [1.82, 2.24) is 0 Å². The van der Waals surface area contributed by atoms with Crippen LogP contribution in [-0.2, 0) is 11.3 Å². The van der Waals surface area contributed by atoms with Crippen molar-refractivity contribution >= 4 is 63.3 Å². The van der Waals surface area contributed by atoms with Crippen molar-refractivity contribution in [3.05, 3.63) is 33.4 Å². The molecule has 0 unspecified atom stereocenters. The van der Waals surface area contributed by atoms with E-state index in [4.69, 9.17) is 44.9 Å². The molecule has 1 aromatic carbocycles. The third-order valence-electron chi connectivity index (χ3n) is 1.53. The van der Waals surface area contributed by atoms with Crippen LogP contribution in [0.15, 0.2) is 24.3 Å². The highest BCUT2D eigenvalue weighted by molar-refractivity contribution is 14.1. The van der Waals surface area contributed by atoms with Crippen LogP contribution in [0.5, 0.6) is 0 Å². The number of alkyl halides is 3. The summed E-state index contributed by atoms with van der Waals surface area (Å²) >= 11 is 18.6. The third-order valence-corrected chi connectivity index (χ3v) is 2.72. The Kier molecular flexibility index (Phi) is 4.96. The maximum atomic E-state index is 7.32. The lowest BCUT2D eigenvalue weighted by molar-refractivity contribution is 0.283. The Bertz CT molecular complexity index is 365. The van der Waals surface area contributed by atoms with Gasteiger partial charge in [0, 0.05) is 3.57 Å². The van der Waals surface area contributed by atoms with E-state index < -0.39 is 3.79 Å². The molecule has 0 aliphatic rings. The number of halogens is 4. The zero-order valence-corrected chi connectivity index (χ0v) is 11.9. The van der Waals surface area contributed by atoms with E-state index in [9.17, 15) is 0 Å². The SMILES string of the molecule is N=C(OCc1cccc(I)c1)C(Cl)(Cl)Cl. The highest BCUT2D eigenvalue weighted by atomic mass is 127. The predicted octanol–water partition coefficient (Wildman–Crippen LogP) is 4.16. The molecule has 15 heavy (non-hydrogen) atoms. The summed E-state index contributed by atoms with van der Waals surface area (Å²) < 4.78 is 4.33. The van der Waals surface area contributed by atoms with Gasteiger partial charge in [0.1, 0.15) is 6.61 Å². The summed E-state index contributed by atoms with van der Waals surface area (Å²) in [5.74, 6) is -0.369. The summed E-state index contributed by atoms with van der Waals surface area (Å²) in [6.07, 6.45) is 0. The average molecular weight is 378 g/mol.